The lowest BCUT2D eigenvalue weighted by molar-refractivity contribution is -0.704. The number of rotatable bonds is 20. The van der Waals surface area contributed by atoms with Crippen LogP contribution in [0.3, 0.4) is 0 Å². The fourth-order valence-electron chi connectivity index (χ4n) is 4.32. The summed E-state index contributed by atoms with van der Waals surface area (Å²) in [6, 6.07) is 0. The second kappa shape index (κ2) is 18.3. The smallest absolute Gasteiger partial charge is 0.234 e. The van der Waals surface area contributed by atoms with E-state index in [0.717, 1.165) is 6.42 Å². The fraction of sp³-hybridized carbons (Fsp3) is 0.885. The first-order chi connectivity index (χ1) is 13.8. The van der Waals surface area contributed by atoms with Gasteiger partial charge in [0, 0.05) is 6.42 Å². The number of aryl methyl sites for hydroxylation is 2. The molecule has 0 atom stereocenters. The monoisotopic (exact) mass is 391 g/mol. The average molecular weight is 392 g/mol. The van der Waals surface area contributed by atoms with Gasteiger partial charge in [0.1, 0.15) is 12.4 Å². The molecule has 0 bridgehead atoms. The van der Waals surface area contributed by atoms with E-state index in [1.54, 1.807) is 0 Å². The van der Waals surface area contributed by atoms with Gasteiger partial charge >= 0.3 is 0 Å². The zero-order valence-corrected chi connectivity index (χ0v) is 19.7. The lowest BCUT2D eigenvalue weighted by Gasteiger charge is -2.05. The predicted molar refractivity (Wildman–Crippen MR) is 124 cm³/mol. The van der Waals surface area contributed by atoms with Crippen LogP contribution in [0.15, 0.2) is 12.4 Å². The predicted octanol–water partition coefficient (Wildman–Crippen LogP) is 8.01. The second-order valence-corrected chi connectivity index (χ2v) is 8.76. The molecule has 0 amide bonds. The Bertz CT molecular complexity index is 449. The zero-order valence-electron chi connectivity index (χ0n) is 19.7. The van der Waals surface area contributed by atoms with Gasteiger partial charge in [-0.2, -0.15) is 0 Å². The van der Waals surface area contributed by atoms with Crippen LogP contribution in [0.2, 0.25) is 0 Å². The molecule has 0 spiro atoms. The normalized spacial score (nSPS) is 11.4. The molecule has 0 saturated heterocycles. The van der Waals surface area contributed by atoms with Gasteiger partial charge in [0.25, 0.3) is 5.82 Å². The van der Waals surface area contributed by atoms with Crippen LogP contribution in [0, 0.1) is 0 Å². The molecular weight excluding hydrogens is 340 g/mol. The van der Waals surface area contributed by atoms with Crippen molar-refractivity contribution in [3.8, 4) is 0 Å². The quantitative estimate of drug-likeness (QED) is 0.157. The van der Waals surface area contributed by atoms with Gasteiger partial charge in [-0.1, -0.05) is 104 Å². The maximum absolute atomic E-state index is 2.52. The Balaban J connectivity index is 2.05. The Kier molecular flexibility index (Phi) is 16.5. The van der Waals surface area contributed by atoms with Crippen LogP contribution in [0.4, 0.5) is 0 Å². The SMILES string of the molecule is CCCCCCCCCCCCCCn1cc[n+](CCCCCCC)c1CC. The topological polar surface area (TPSA) is 8.81 Å². The van der Waals surface area contributed by atoms with Crippen molar-refractivity contribution in [1.29, 1.82) is 0 Å². The van der Waals surface area contributed by atoms with Crippen molar-refractivity contribution < 1.29 is 4.57 Å². The van der Waals surface area contributed by atoms with Crippen LogP contribution >= 0.6 is 0 Å². The summed E-state index contributed by atoms with van der Waals surface area (Å²) in [5, 5.41) is 0. The van der Waals surface area contributed by atoms with E-state index < -0.39 is 0 Å². The van der Waals surface area contributed by atoms with Crippen LogP contribution in [-0.4, -0.2) is 4.57 Å². The highest BCUT2D eigenvalue weighted by Gasteiger charge is 2.14. The van der Waals surface area contributed by atoms with Crippen LogP contribution in [0.5, 0.6) is 0 Å². The molecule has 2 heteroatoms. The van der Waals surface area contributed by atoms with E-state index in [4.69, 9.17) is 0 Å². The lowest BCUT2D eigenvalue weighted by Crippen LogP contribution is -2.37. The molecule has 164 valence electrons. The molecular formula is C26H51N2+. The highest BCUT2D eigenvalue weighted by atomic mass is 15.1. The fourth-order valence-corrected chi connectivity index (χ4v) is 4.32. The highest BCUT2D eigenvalue weighted by Crippen LogP contribution is 2.12. The van der Waals surface area contributed by atoms with Crippen LogP contribution in [-0.2, 0) is 19.5 Å². The summed E-state index contributed by atoms with van der Waals surface area (Å²) < 4.78 is 5.02. The number of imidazole rings is 1. The molecule has 0 aliphatic carbocycles. The van der Waals surface area contributed by atoms with E-state index in [-0.39, 0.29) is 0 Å². The summed E-state index contributed by atoms with van der Waals surface area (Å²) in [5.74, 6) is 1.53. The Labute approximate surface area is 177 Å². The van der Waals surface area contributed by atoms with E-state index in [2.05, 4.69) is 42.3 Å². The largest absolute Gasteiger partial charge is 0.256 e. The first-order valence-electron chi connectivity index (χ1n) is 12.9. The van der Waals surface area contributed by atoms with Crippen molar-refractivity contribution in [2.45, 2.75) is 149 Å². The summed E-state index contributed by atoms with van der Waals surface area (Å²) in [7, 11) is 0. The third-order valence-electron chi connectivity index (χ3n) is 6.16. The van der Waals surface area contributed by atoms with Gasteiger partial charge in [0.15, 0.2) is 0 Å². The Morgan fingerprint density at radius 3 is 1.57 bits per heavy atom. The van der Waals surface area contributed by atoms with E-state index in [1.165, 1.54) is 128 Å². The molecule has 1 rings (SSSR count). The van der Waals surface area contributed by atoms with Crippen molar-refractivity contribution in [2.75, 3.05) is 0 Å². The number of hydrogen-bond donors (Lipinski definition) is 0. The highest BCUT2D eigenvalue weighted by molar-refractivity contribution is 4.83. The molecule has 1 heterocycles. The second-order valence-electron chi connectivity index (χ2n) is 8.76. The standard InChI is InChI=1S/C26H51N2/c1-4-7-9-11-12-13-14-15-16-17-19-21-23-28-25-24-27(26(28)6-3)22-20-18-10-8-5-2/h24-25H,4-23H2,1-3H3/q+1. The van der Waals surface area contributed by atoms with Gasteiger partial charge in [-0.15, -0.1) is 0 Å². The molecule has 1 aromatic heterocycles. The lowest BCUT2D eigenvalue weighted by atomic mass is 10.1. The van der Waals surface area contributed by atoms with Crippen molar-refractivity contribution in [3.63, 3.8) is 0 Å². The summed E-state index contributed by atoms with van der Waals surface area (Å²) >= 11 is 0. The van der Waals surface area contributed by atoms with Gasteiger partial charge in [-0.25, -0.2) is 9.13 Å². The summed E-state index contributed by atoms with van der Waals surface area (Å²) in [6.45, 7) is 9.32. The first kappa shape index (κ1) is 25.2. The molecule has 28 heavy (non-hydrogen) atoms. The molecule has 0 saturated carbocycles. The summed E-state index contributed by atoms with van der Waals surface area (Å²) in [5.41, 5.74) is 0. The van der Waals surface area contributed by atoms with Crippen LogP contribution in [0.1, 0.15) is 136 Å². The van der Waals surface area contributed by atoms with Crippen molar-refractivity contribution in [2.24, 2.45) is 0 Å². The third-order valence-corrected chi connectivity index (χ3v) is 6.16. The maximum atomic E-state index is 2.52. The minimum atomic E-state index is 1.15. The van der Waals surface area contributed by atoms with Crippen LogP contribution in [0.25, 0.3) is 0 Å². The molecule has 0 aromatic carbocycles. The Morgan fingerprint density at radius 1 is 0.607 bits per heavy atom. The van der Waals surface area contributed by atoms with E-state index in [1.807, 2.05) is 0 Å². The van der Waals surface area contributed by atoms with E-state index >= 15 is 0 Å². The molecule has 0 aliphatic heterocycles. The van der Waals surface area contributed by atoms with Gasteiger partial charge < -0.3 is 0 Å². The van der Waals surface area contributed by atoms with Crippen molar-refractivity contribution in [1.82, 2.24) is 4.57 Å². The first-order valence-corrected chi connectivity index (χ1v) is 12.9. The maximum Gasteiger partial charge on any atom is 0.256 e. The average Bonchev–Trinajstić information content (AvgIpc) is 3.10. The van der Waals surface area contributed by atoms with E-state index in [9.17, 15) is 0 Å². The Hall–Kier alpha value is -0.790. The summed E-state index contributed by atoms with van der Waals surface area (Å²) in [6.07, 6.45) is 29.8. The number of unbranched alkanes of at least 4 members (excludes halogenated alkanes) is 15. The van der Waals surface area contributed by atoms with Gasteiger partial charge in [0.05, 0.1) is 13.1 Å². The van der Waals surface area contributed by atoms with Crippen LogP contribution < -0.4 is 4.57 Å². The number of aromatic nitrogens is 2. The number of nitrogens with zero attached hydrogens (tertiary/aromatic N) is 2. The molecule has 0 N–H and O–H groups in total. The minimum absolute atomic E-state index is 1.15. The van der Waals surface area contributed by atoms with E-state index in [0.29, 0.717) is 0 Å². The van der Waals surface area contributed by atoms with Gasteiger partial charge in [-0.05, 0) is 25.7 Å². The molecule has 0 radical (unpaired) electrons. The third kappa shape index (κ3) is 11.9. The minimum Gasteiger partial charge on any atom is -0.234 e. The van der Waals surface area contributed by atoms with Crippen molar-refractivity contribution >= 4 is 0 Å². The number of hydrogen-bond acceptors (Lipinski definition) is 0. The molecule has 2 nitrogen and oxygen atoms in total. The summed E-state index contributed by atoms with van der Waals surface area (Å²) in [4.78, 5) is 0. The zero-order chi connectivity index (χ0) is 20.3. The van der Waals surface area contributed by atoms with Gasteiger partial charge in [-0.3, -0.25) is 0 Å². The van der Waals surface area contributed by atoms with Gasteiger partial charge in [0.2, 0.25) is 0 Å². The molecule has 0 aliphatic rings. The Morgan fingerprint density at radius 2 is 1.07 bits per heavy atom. The molecule has 0 fully saturated rings. The van der Waals surface area contributed by atoms with Crippen molar-refractivity contribution in [3.05, 3.63) is 18.2 Å². The molecule has 1 aromatic rings. The molecule has 0 unspecified atom stereocenters.